The highest BCUT2D eigenvalue weighted by Gasteiger charge is 2.10. The Morgan fingerprint density at radius 2 is 1.85 bits per heavy atom. The molecule has 0 aliphatic carbocycles. The summed E-state index contributed by atoms with van der Waals surface area (Å²) < 4.78 is 10.2. The van der Waals surface area contributed by atoms with Crippen LogP contribution in [0.5, 0.6) is 5.75 Å². The summed E-state index contributed by atoms with van der Waals surface area (Å²) in [5, 5.41) is 4.95. The van der Waals surface area contributed by atoms with Crippen molar-refractivity contribution in [3.63, 3.8) is 0 Å². The highest BCUT2D eigenvalue weighted by Crippen LogP contribution is 2.21. The number of carbonyl (C=O) groups is 1. The molecule has 0 aliphatic heterocycles. The van der Waals surface area contributed by atoms with Crippen LogP contribution in [0.15, 0.2) is 36.4 Å². The van der Waals surface area contributed by atoms with E-state index in [1.807, 2.05) is 43.3 Å². The van der Waals surface area contributed by atoms with E-state index in [0.29, 0.717) is 12.2 Å². The van der Waals surface area contributed by atoms with Crippen LogP contribution in [-0.2, 0) is 4.74 Å². The quantitative estimate of drug-likeness (QED) is 0.911. The summed E-state index contributed by atoms with van der Waals surface area (Å²) in [7, 11) is 3.26. The van der Waals surface area contributed by atoms with Crippen molar-refractivity contribution in [1.29, 1.82) is 0 Å². The number of fused-ring (bicyclic) bond motifs is 1. The Morgan fingerprint density at radius 3 is 2.55 bits per heavy atom. The molecule has 2 aromatic carbocycles. The van der Waals surface area contributed by atoms with Gasteiger partial charge in [0.2, 0.25) is 0 Å². The van der Waals surface area contributed by atoms with E-state index >= 15 is 0 Å². The first-order valence-electron chi connectivity index (χ1n) is 6.51. The molecular formula is C16H19NO3. The van der Waals surface area contributed by atoms with E-state index in [4.69, 9.17) is 9.47 Å². The average Bonchev–Trinajstić information content (AvgIpc) is 2.46. The number of ether oxygens (including phenoxy) is 2. The molecular weight excluding hydrogens is 254 g/mol. The molecule has 1 atom stereocenters. The Kier molecular flexibility index (Phi) is 4.58. The maximum absolute atomic E-state index is 12.1. The van der Waals surface area contributed by atoms with Crippen LogP contribution < -0.4 is 10.1 Å². The van der Waals surface area contributed by atoms with Gasteiger partial charge in [0, 0.05) is 18.7 Å². The monoisotopic (exact) mass is 273 g/mol. The van der Waals surface area contributed by atoms with Gasteiger partial charge in [0.1, 0.15) is 5.75 Å². The van der Waals surface area contributed by atoms with Gasteiger partial charge < -0.3 is 14.8 Å². The van der Waals surface area contributed by atoms with Crippen molar-refractivity contribution < 1.29 is 14.3 Å². The predicted octanol–water partition coefficient (Wildman–Crippen LogP) is 2.61. The molecule has 2 rings (SSSR count). The van der Waals surface area contributed by atoms with E-state index in [9.17, 15) is 4.79 Å². The van der Waals surface area contributed by atoms with Gasteiger partial charge >= 0.3 is 0 Å². The summed E-state index contributed by atoms with van der Waals surface area (Å²) in [5.41, 5.74) is 0.644. The van der Waals surface area contributed by atoms with Gasteiger partial charge in [-0.05, 0) is 42.0 Å². The first kappa shape index (κ1) is 14.3. The van der Waals surface area contributed by atoms with Crippen LogP contribution in [0.3, 0.4) is 0 Å². The Labute approximate surface area is 118 Å². The molecule has 0 unspecified atom stereocenters. The standard InChI is InChI=1S/C16H19NO3/c1-11(10-19-2)17-16(18)14-5-4-13-9-15(20-3)7-6-12(13)8-14/h4-9,11H,10H2,1-3H3,(H,17,18)/t11-/m0/s1. The molecule has 0 aromatic heterocycles. The molecule has 2 aromatic rings. The molecule has 20 heavy (non-hydrogen) atoms. The van der Waals surface area contributed by atoms with Crippen molar-refractivity contribution in [2.45, 2.75) is 13.0 Å². The normalized spacial score (nSPS) is 12.2. The van der Waals surface area contributed by atoms with Gasteiger partial charge in [0.25, 0.3) is 5.91 Å². The number of amides is 1. The van der Waals surface area contributed by atoms with Gasteiger partial charge in [-0.1, -0.05) is 12.1 Å². The smallest absolute Gasteiger partial charge is 0.251 e. The zero-order chi connectivity index (χ0) is 14.5. The lowest BCUT2D eigenvalue weighted by Gasteiger charge is -2.13. The maximum Gasteiger partial charge on any atom is 0.251 e. The summed E-state index contributed by atoms with van der Waals surface area (Å²) in [4.78, 5) is 12.1. The van der Waals surface area contributed by atoms with Crippen LogP contribution in [-0.4, -0.2) is 32.8 Å². The van der Waals surface area contributed by atoms with E-state index in [1.54, 1.807) is 14.2 Å². The van der Waals surface area contributed by atoms with Crippen molar-refractivity contribution in [1.82, 2.24) is 5.32 Å². The second kappa shape index (κ2) is 6.39. The molecule has 0 fully saturated rings. The largest absolute Gasteiger partial charge is 0.497 e. The molecule has 1 N–H and O–H groups in total. The van der Waals surface area contributed by atoms with Crippen LogP contribution in [0.2, 0.25) is 0 Å². The zero-order valence-electron chi connectivity index (χ0n) is 12.0. The third-order valence-corrected chi connectivity index (χ3v) is 3.10. The fraction of sp³-hybridized carbons (Fsp3) is 0.312. The number of hydrogen-bond acceptors (Lipinski definition) is 3. The molecule has 0 spiro atoms. The minimum absolute atomic E-state index is 0.0148. The highest BCUT2D eigenvalue weighted by atomic mass is 16.5. The number of carbonyl (C=O) groups excluding carboxylic acids is 1. The minimum atomic E-state index is -0.0905. The first-order chi connectivity index (χ1) is 9.63. The summed E-state index contributed by atoms with van der Waals surface area (Å²) >= 11 is 0. The highest BCUT2D eigenvalue weighted by molar-refractivity contribution is 5.98. The van der Waals surface area contributed by atoms with Gasteiger partial charge in [-0.2, -0.15) is 0 Å². The van der Waals surface area contributed by atoms with Crippen molar-refractivity contribution >= 4 is 16.7 Å². The molecule has 1 amide bonds. The third kappa shape index (κ3) is 3.27. The lowest BCUT2D eigenvalue weighted by molar-refractivity contribution is 0.0905. The number of nitrogens with one attached hydrogen (secondary N) is 1. The first-order valence-corrected chi connectivity index (χ1v) is 6.51. The summed E-state index contributed by atoms with van der Waals surface area (Å²) in [5.74, 6) is 0.718. The Balaban J connectivity index is 2.21. The van der Waals surface area contributed by atoms with Gasteiger partial charge in [0.15, 0.2) is 0 Å². The summed E-state index contributed by atoms with van der Waals surface area (Å²) in [6, 6.07) is 11.4. The Hall–Kier alpha value is -2.07. The van der Waals surface area contributed by atoms with E-state index in [0.717, 1.165) is 16.5 Å². The Morgan fingerprint density at radius 1 is 1.15 bits per heavy atom. The van der Waals surface area contributed by atoms with Crippen LogP contribution >= 0.6 is 0 Å². The molecule has 4 nitrogen and oxygen atoms in total. The van der Waals surface area contributed by atoms with Gasteiger partial charge in [-0.25, -0.2) is 0 Å². The van der Waals surface area contributed by atoms with Crippen LogP contribution in [0.25, 0.3) is 10.8 Å². The topological polar surface area (TPSA) is 47.6 Å². The van der Waals surface area contributed by atoms with Crippen molar-refractivity contribution in [3.05, 3.63) is 42.0 Å². The van der Waals surface area contributed by atoms with Gasteiger partial charge in [-0.3, -0.25) is 4.79 Å². The van der Waals surface area contributed by atoms with Crippen LogP contribution in [0, 0.1) is 0 Å². The lowest BCUT2D eigenvalue weighted by Crippen LogP contribution is -2.35. The predicted molar refractivity (Wildman–Crippen MR) is 79.3 cm³/mol. The molecule has 106 valence electrons. The van der Waals surface area contributed by atoms with Crippen LogP contribution in [0.1, 0.15) is 17.3 Å². The summed E-state index contributed by atoms with van der Waals surface area (Å²) in [6.07, 6.45) is 0. The van der Waals surface area contributed by atoms with Gasteiger partial charge in [-0.15, -0.1) is 0 Å². The minimum Gasteiger partial charge on any atom is -0.497 e. The number of benzene rings is 2. The van der Waals surface area contributed by atoms with Crippen molar-refractivity contribution in [3.8, 4) is 5.75 Å². The molecule has 0 aliphatic rings. The van der Waals surface area contributed by atoms with E-state index in [-0.39, 0.29) is 11.9 Å². The second-order valence-electron chi connectivity index (χ2n) is 4.76. The molecule has 0 saturated carbocycles. The number of rotatable bonds is 5. The third-order valence-electron chi connectivity index (χ3n) is 3.10. The van der Waals surface area contributed by atoms with E-state index < -0.39 is 0 Å². The molecule has 0 bridgehead atoms. The molecule has 0 heterocycles. The molecule has 4 heteroatoms. The van der Waals surface area contributed by atoms with Crippen molar-refractivity contribution in [2.75, 3.05) is 20.8 Å². The number of methoxy groups -OCH3 is 2. The van der Waals surface area contributed by atoms with E-state index in [2.05, 4.69) is 5.32 Å². The maximum atomic E-state index is 12.1. The zero-order valence-corrected chi connectivity index (χ0v) is 12.0. The molecule has 0 radical (unpaired) electrons. The lowest BCUT2D eigenvalue weighted by atomic mass is 10.1. The van der Waals surface area contributed by atoms with Crippen molar-refractivity contribution in [2.24, 2.45) is 0 Å². The van der Waals surface area contributed by atoms with Crippen LogP contribution in [0.4, 0.5) is 0 Å². The fourth-order valence-corrected chi connectivity index (χ4v) is 2.09. The van der Waals surface area contributed by atoms with E-state index in [1.165, 1.54) is 0 Å². The number of hydrogen-bond donors (Lipinski definition) is 1. The average molecular weight is 273 g/mol. The Bertz CT molecular complexity index is 610. The molecule has 0 saturated heterocycles. The second-order valence-corrected chi connectivity index (χ2v) is 4.76. The summed E-state index contributed by atoms with van der Waals surface area (Å²) in [6.45, 7) is 2.41. The fourth-order valence-electron chi connectivity index (χ4n) is 2.09. The van der Waals surface area contributed by atoms with Gasteiger partial charge in [0.05, 0.1) is 13.7 Å². The SMILES string of the molecule is COC[C@H](C)NC(=O)c1ccc2cc(OC)ccc2c1.